The molecule has 3 aromatic rings. The van der Waals surface area contributed by atoms with Gasteiger partial charge in [0.2, 0.25) is 0 Å². The van der Waals surface area contributed by atoms with Gasteiger partial charge >= 0.3 is 6.18 Å². The molecule has 0 aliphatic rings. The number of non-ortho nitro benzene ring substituents is 1. The third-order valence-corrected chi connectivity index (χ3v) is 5.10. The van der Waals surface area contributed by atoms with E-state index >= 15 is 0 Å². The van der Waals surface area contributed by atoms with Crippen molar-refractivity contribution in [3.63, 3.8) is 0 Å². The lowest BCUT2D eigenvalue weighted by Crippen LogP contribution is -2.07. The predicted octanol–water partition coefficient (Wildman–Crippen LogP) is 3.93. The Morgan fingerprint density at radius 3 is 2.70 bits per heavy atom. The molecule has 2 aromatic heterocycles. The molecule has 0 spiro atoms. The number of nitro groups is 1. The molecule has 0 bridgehead atoms. The van der Waals surface area contributed by atoms with E-state index in [-0.39, 0.29) is 53.2 Å². The van der Waals surface area contributed by atoms with Crippen LogP contribution in [-0.4, -0.2) is 27.0 Å². The summed E-state index contributed by atoms with van der Waals surface area (Å²) in [6, 6.07) is 6.70. The molecule has 0 amide bonds. The van der Waals surface area contributed by atoms with Gasteiger partial charge in [-0.1, -0.05) is 12.1 Å². The first-order valence-electron chi connectivity index (χ1n) is 8.50. The molecule has 0 fully saturated rings. The number of carbonyl (C=O) groups is 2. The molecular weight excluding hydrogens is 425 g/mol. The van der Waals surface area contributed by atoms with Gasteiger partial charge in [0.05, 0.1) is 10.3 Å². The van der Waals surface area contributed by atoms with Crippen LogP contribution in [0.1, 0.15) is 22.7 Å². The van der Waals surface area contributed by atoms with E-state index in [2.05, 4.69) is 15.3 Å². The molecule has 3 rings (SSSR count). The molecule has 30 heavy (non-hydrogen) atoms. The van der Waals surface area contributed by atoms with Gasteiger partial charge in [-0.15, -0.1) is 11.3 Å². The number of anilines is 1. The number of nitrogens with zero attached hydrogens (tertiary/aromatic N) is 3. The quantitative estimate of drug-likeness (QED) is 0.245. The normalized spacial score (nSPS) is 11.4. The average Bonchev–Trinajstić information content (AvgIpc) is 3.15. The molecule has 156 valence electrons. The molecule has 1 N–H and O–H groups in total. The van der Waals surface area contributed by atoms with E-state index in [1.807, 2.05) is 0 Å². The summed E-state index contributed by atoms with van der Waals surface area (Å²) in [6.45, 7) is 0.0672. The van der Waals surface area contributed by atoms with Crippen LogP contribution in [-0.2, 0) is 28.7 Å². The Labute approximate surface area is 170 Å². The standard InChI is InChI=1S/C18H13F3N4O4S/c19-18(20,21)14-7-13-16(22-8-10-2-1-3-11(6-10)25(28)29)23-15(24-17(13)30-14)5-4-12(27)9-26/h1-3,6-7,9H,4-5,8H2,(H,22,23,24). The first kappa shape index (κ1) is 21.3. The number of aryl methyl sites for hydroxylation is 1. The number of nitro benzene ring substituents is 1. The second-order valence-corrected chi connectivity index (χ2v) is 7.21. The van der Waals surface area contributed by atoms with E-state index < -0.39 is 21.8 Å². The number of carbonyl (C=O) groups excluding carboxylic acids is 2. The maximum absolute atomic E-state index is 13.1. The average molecular weight is 438 g/mol. The molecule has 0 unspecified atom stereocenters. The Bertz CT molecular complexity index is 1130. The van der Waals surface area contributed by atoms with Crippen molar-refractivity contribution < 1.29 is 27.7 Å². The van der Waals surface area contributed by atoms with Gasteiger partial charge in [-0.3, -0.25) is 19.7 Å². The second-order valence-electron chi connectivity index (χ2n) is 6.18. The van der Waals surface area contributed by atoms with Gasteiger partial charge in [-0.05, 0) is 11.6 Å². The fraction of sp³-hybridized carbons (Fsp3) is 0.222. The number of nitrogens with one attached hydrogen (secondary N) is 1. The Kier molecular flexibility index (Phi) is 6.06. The zero-order valence-corrected chi connectivity index (χ0v) is 15.9. The topological polar surface area (TPSA) is 115 Å². The number of Topliss-reactive ketones (excluding diaryl/α,β-unsaturated/α-hetero) is 1. The third kappa shape index (κ3) is 4.95. The number of hydrogen-bond acceptors (Lipinski definition) is 8. The molecule has 0 radical (unpaired) electrons. The number of thiophene rings is 1. The number of alkyl halides is 3. The van der Waals surface area contributed by atoms with Crippen LogP contribution in [0.25, 0.3) is 10.2 Å². The minimum Gasteiger partial charge on any atom is -0.365 e. The molecule has 0 atom stereocenters. The van der Waals surface area contributed by atoms with Crippen molar-refractivity contribution >= 4 is 45.1 Å². The summed E-state index contributed by atoms with van der Waals surface area (Å²) in [7, 11) is 0. The van der Waals surface area contributed by atoms with Crippen molar-refractivity contribution in [1.82, 2.24) is 9.97 Å². The van der Waals surface area contributed by atoms with Gasteiger partial charge < -0.3 is 5.32 Å². The van der Waals surface area contributed by atoms with Crippen molar-refractivity contribution in [1.29, 1.82) is 0 Å². The molecular formula is C18H13F3N4O4S. The number of ketones is 1. The smallest absolute Gasteiger partial charge is 0.365 e. The van der Waals surface area contributed by atoms with Crippen LogP contribution >= 0.6 is 11.3 Å². The highest BCUT2D eigenvalue weighted by molar-refractivity contribution is 7.18. The molecule has 8 nitrogen and oxygen atoms in total. The van der Waals surface area contributed by atoms with Crippen molar-refractivity contribution in [3.05, 3.63) is 56.7 Å². The first-order valence-corrected chi connectivity index (χ1v) is 9.32. The van der Waals surface area contributed by atoms with Crippen LogP contribution in [0.4, 0.5) is 24.7 Å². The minimum absolute atomic E-state index is 0.0156. The number of hydrogen-bond donors (Lipinski definition) is 1. The Hall–Kier alpha value is -3.41. The van der Waals surface area contributed by atoms with Crippen molar-refractivity contribution in [3.8, 4) is 0 Å². The molecule has 0 aliphatic carbocycles. The van der Waals surface area contributed by atoms with Crippen molar-refractivity contribution in [2.45, 2.75) is 25.6 Å². The van der Waals surface area contributed by atoms with Gasteiger partial charge in [0, 0.05) is 31.5 Å². The Morgan fingerprint density at radius 2 is 2.03 bits per heavy atom. The minimum atomic E-state index is -4.56. The summed E-state index contributed by atoms with van der Waals surface area (Å²) in [5.74, 6) is -0.464. The number of halogens is 3. The lowest BCUT2D eigenvalue weighted by molar-refractivity contribution is -0.384. The molecule has 0 aliphatic heterocycles. The van der Waals surface area contributed by atoms with Crippen LogP contribution in [0.5, 0.6) is 0 Å². The second kappa shape index (κ2) is 8.53. The summed E-state index contributed by atoms with van der Waals surface area (Å²) in [4.78, 5) is 39.5. The molecule has 0 saturated carbocycles. The SMILES string of the molecule is O=CC(=O)CCc1nc(NCc2cccc([N+](=O)[O-])c2)c2cc(C(F)(F)F)sc2n1. The number of fused-ring (bicyclic) bond motifs is 1. The predicted molar refractivity (Wildman–Crippen MR) is 102 cm³/mol. The lowest BCUT2D eigenvalue weighted by atomic mass is 10.2. The van der Waals surface area contributed by atoms with Crippen molar-refractivity contribution in [2.75, 3.05) is 5.32 Å². The number of benzene rings is 1. The van der Waals surface area contributed by atoms with Gasteiger partial charge in [-0.25, -0.2) is 9.97 Å². The first-order chi connectivity index (χ1) is 14.2. The highest BCUT2D eigenvalue weighted by atomic mass is 32.1. The van der Waals surface area contributed by atoms with Crippen LogP contribution in [0, 0.1) is 10.1 Å². The summed E-state index contributed by atoms with van der Waals surface area (Å²) in [5.41, 5.74) is 0.407. The fourth-order valence-corrected chi connectivity index (χ4v) is 3.53. The van der Waals surface area contributed by atoms with Gasteiger partial charge in [0.1, 0.15) is 21.3 Å². The van der Waals surface area contributed by atoms with Crippen LogP contribution in [0.3, 0.4) is 0 Å². The highest BCUT2D eigenvalue weighted by Crippen LogP contribution is 2.39. The van der Waals surface area contributed by atoms with Crippen LogP contribution in [0.15, 0.2) is 30.3 Å². The van der Waals surface area contributed by atoms with Crippen molar-refractivity contribution in [2.24, 2.45) is 0 Å². The molecule has 1 aromatic carbocycles. The summed E-state index contributed by atoms with van der Waals surface area (Å²) in [6.07, 6.45) is -4.59. The number of aromatic nitrogens is 2. The largest absolute Gasteiger partial charge is 0.425 e. The van der Waals surface area contributed by atoms with E-state index in [4.69, 9.17) is 0 Å². The van der Waals surface area contributed by atoms with Gasteiger partial charge in [0.15, 0.2) is 12.1 Å². The zero-order valence-electron chi connectivity index (χ0n) is 15.1. The van der Waals surface area contributed by atoms with E-state index in [1.54, 1.807) is 6.07 Å². The van der Waals surface area contributed by atoms with E-state index in [0.717, 1.165) is 6.07 Å². The summed E-state index contributed by atoms with van der Waals surface area (Å²) >= 11 is 0.441. The molecule has 2 heterocycles. The lowest BCUT2D eigenvalue weighted by Gasteiger charge is -2.09. The van der Waals surface area contributed by atoms with Crippen LogP contribution < -0.4 is 5.32 Å². The summed E-state index contributed by atoms with van der Waals surface area (Å²) in [5, 5.41) is 13.9. The Morgan fingerprint density at radius 1 is 1.27 bits per heavy atom. The zero-order chi connectivity index (χ0) is 21.9. The monoisotopic (exact) mass is 438 g/mol. The van der Waals surface area contributed by atoms with Gasteiger partial charge in [-0.2, -0.15) is 13.2 Å². The maximum Gasteiger partial charge on any atom is 0.425 e. The van der Waals surface area contributed by atoms with E-state index in [0.29, 0.717) is 16.9 Å². The third-order valence-electron chi connectivity index (χ3n) is 4.03. The Balaban J connectivity index is 1.94. The maximum atomic E-state index is 13.1. The summed E-state index contributed by atoms with van der Waals surface area (Å²) < 4.78 is 39.4. The van der Waals surface area contributed by atoms with Crippen LogP contribution in [0.2, 0.25) is 0 Å². The number of aldehydes is 1. The van der Waals surface area contributed by atoms with E-state index in [9.17, 15) is 32.9 Å². The van der Waals surface area contributed by atoms with E-state index in [1.165, 1.54) is 18.2 Å². The van der Waals surface area contributed by atoms with Gasteiger partial charge in [0.25, 0.3) is 5.69 Å². The fourth-order valence-electron chi connectivity index (χ4n) is 2.61. The molecule has 0 saturated heterocycles. The molecule has 12 heteroatoms. The highest BCUT2D eigenvalue weighted by Gasteiger charge is 2.33. The number of rotatable bonds is 8.